The Morgan fingerprint density at radius 1 is 1.04 bits per heavy atom. The minimum atomic E-state index is -0.469. The molecule has 0 radical (unpaired) electrons. The maximum atomic E-state index is 12.6. The summed E-state index contributed by atoms with van der Waals surface area (Å²) in [6, 6.07) is 17.5. The quantitative estimate of drug-likeness (QED) is 0.547. The minimum absolute atomic E-state index is 0.154. The molecule has 4 N–H and O–H groups in total. The van der Waals surface area contributed by atoms with E-state index in [0.29, 0.717) is 11.3 Å². The summed E-state index contributed by atoms with van der Waals surface area (Å²) >= 11 is 0. The molecule has 0 aliphatic heterocycles. The number of carbonyl (C=O) groups is 1. The Morgan fingerprint density at radius 2 is 1.74 bits per heavy atom. The van der Waals surface area contributed by atoms with Gasteiger partial charge in [-0.3, -0.25) is 4.79 Å². The van der Waals surface area contributed by atoms with Gasteiger partial charge in [0.25, 0.3) is 5.91 Å². The zero-order valence-electron chi connectivity index (χ0n) is 15.9. The molecular formula is C22H24N4O. The molecule has 0 atom stereocenters. The van der Waals surface area contributed by atoms with Crippen LogP contribution in [0.4, 0.5) is 0 Å². The standard InChI is InChI=1S/C22H24N4O/c1-22(2,3)13-14-9-10-16-17(20(27)26-21(23)24)12-18(25-19(16)11-14)15-7-5-4-6-8-15/h4-12H,13H2,1-3H3,(H4,23,24,26,27). The van der Waals surface area contributed by atoms with E-state index in [-0.39, 0.29) is 11.4 Å². The SMILES string of the molecule is CC(C)(C)Cc1ccc2c(C(=O)N=C(N)N)cc(-c3ccccc3)nc2c1. The van der Waals surface area contributed by atoms with Crippen LogP contribution in [0.1, 0.15) is 36.7 Å². The monoisotopic (exact) mass is 360 g/mol. The van der Waals surface area contributed by atoms with Gasteiger partial charge in [-0.15, -0.1) is 0 Å². The predicted octanol–water partition coefficient (Wildman–Crippen LogP) is 3.90. The lowest BCUT2D eigenvalue weighted by Crippen LogP contribution is -2.24. The number of aliphatic imine (C=N–C) groups is 1. The fourth-order valence-corrected chi connectivity index (χ4v) is 3.11. The van der Waals surface area contributed by atoms with Crippen LogP contribution in [0.5, 0.6) is 0 Å². The highest BCUT2D eigenvalue weighted by atomic mass is 16.1. The molecule has 1 heterocycles. The Kier molecular flexibility index (Phi) is 4.95. The van der Waals surface area contributed by atoms with E-state index in [1.165, 1.54) is 5.56 Å². The second-order valence-electron chi connectivity index (χ2n) is 7.85. The third-order valence-electron chi connectivity index (χ3n) is 4.14. The topological polar surface area (TPSA) is 94.4 Å². The van der Waals surface area contributed by atoms with Gasteiger partial charge in [0.05, 0.1) is 16.8 Å². The molecule has 0 saturated carbocycles. The van der Waals surface area contributed by atoms with Crippen LogP contribution in [0.15, 0.2) is 59.6 Å². The van der Waals surface area contributed by atoms with Crippen LogP contribution in [-0.4, -0.2) is 16.9 Å². The number of pyridine rings is 1. The second-order valence-corrected chi connectivity index (χ2v) is 7.85. The number of guanidine groups is 1. The Bertz CT molecular complexity index is 1010. The van der Waals surface area contributed by atoms with Crippen molar-refractivity contribution in [3.05, 3.63) is 65.7 Å². The molecule has 0 bridgehead atoms. The van der Waals surface area contributed by atoms with Crippen LogP contribution >= 0.6 is 0 Å². The minimum Gasteiger partial charge on any atom is -0.370 e. The number of benzene rings is 2. The number of rotatable bonds is 3. The van der Waals surface area contributed by atoms with Crippen LogP contribution < -0.4 is 11.5 Å². The fourth-order valence-electron chi connectivity index (χ4n) is 3.11. The lowest BCUT2D eigenvalue weighted by atomic mass is 9.87. The van der Waals surface area contributed by atoms with Gasteiger partial charge in [-0.1, -0.05) is 63.2 Å². The zero-order valence-corrected chi connectivity index (χ0v) is 15.9. The smallest absolute Gasteiger partial charge is 0.280 e. The van der Waals surface area contributed by atoms with Crippen LogP contribution in [0.2, 0.25) is 0 Å². The Morgan fingerprint density at radius 3 is 2.37 bits per heavy atom. The van der Waals surface area contributed by atoms with Crippen molar-refractivity contribution in [2.24, 2.45) is 21.9 Å². The largest absolute Gasteiger partial charge is 0.370 e. The molecule has 0 saturated heterocycles. The molecule has 0 aliphatic rings. The zero-order chi connectivity index (χ0) is 19.6. The van der Waals surface area contributed by atoms with E-state index < -0.39 is 5.91 Å². The van der Waals surface area contributed by atoms with Gasteiger partial charge in [0.2, 0.25) is 0 Å². The van der Waals surface area contributed by atoms with Crippen molar-refractivity contribution in [2.45, 2.75) is 27.2 Å². The van der Waals surface area contributed by atoms with Crippen molar-refractivity contribution in [2.75, 3.05) is 0 Å². The normalized spacial score (nSPS) is 11.4. The first-order valence-electron chi connectivity index (χ1n) is 8.86. The van der Waals surface area contributed by atoms with Crippen LogP contribution in [0.3, 0.4) is 0 Å². The number of aromatic nitrogens is 1. The van der Waals surface area contributed by atoms with Gasteiger partial charge in [-0.05, 0) is 29.5 Å². The molecule has 5 heteroatoms. The molecule has 27 heavy (non-hydrogen) atoms. The van der Waals surface area contributed by atoms with Crippen LogP contribution in [0.25, 0.3) is 22.2 Å². The predicted molar refractivity (Wildman–Crippen MR) is 110 cm³/mol. The van der Waals surface area contributed by atoms with E-state index in [0.717, 1.165) is 22.9 Å². The van der Waals surface area contributed by atoms with Gasteiger partial charge in [0.15, 0.2) is 5.96 Å². The van der Waals surface area contributed by atoms with Crippen LogP contribution in [-0.2, 0) is 6.42 Å². The number of fused-ring (bicyclic) bond motifs is 1. The molecule has 1 amide bonds. The lowest BCUT2D eigenvalue weighted by molar-refractivity contribution is 0.100. The molecule has 1 aromatic heterocycles. The van der Waals surface area contributed by atoms with Crippen molar-refractivity contribution in [1.82, 2.24) is 4.98 Å². The Hall–Kier alpha value is -3.21. The van der Waals surface area contributed by atoms with E-state index >= 15 is 0 Å². The number of nitrogens with two attached hydrogens (primary N) is 2. The maximum absolute atomic E-state index is 12.6. The lowest BCUT2D eigenvalue weighted by Gasteiger charge is -2.18. The summed E-state index contributed by atoms with van der Waals surface area (Å²) in [5.74, 6) is -0.723. The summed E-state index contributed by atoms with van der Waals surface area (Å²) in [5, 5.41) is 0.738. The summed E-state index contributed by atoms with van der Waals surface area (Å²) in [6.45, 7) is 6.58. The summed E-state index contributed by atoms with van der Waals surface area (Å²) in [7, 11) is 0. The van der Waals surface area contributed by atoms with Crippen molar-refractivity contribution >= 4 is 22.8 Å². The maximum Gasteiger partial charge on any atom is 0.280 e. The van der Waals surface area contributed by atoms with E-state index in [1.807, 2.05) is 48.5 Å². The molecule has 3 rings (SSSR count). The van der Waals surface area contributed by atoms with E-state index in [9.17, 15) is 4.79 Å². The first-order chi connectivity index (χ1) is 12.7. The highest BCUT2D eigenvalue weighted by molar-refractivity contribution is 6.10. The number of hydrogen-bond donors (Lipinski definition) is 2. The van der Waals surface area contributed by atoms with Gasteiger partial charge in [0.1, 0.15) is 0 Å². The summed E-state index contributed by atoms with van der Waals surface area (Å²) in [6.07, 6.45) is 0.914. The molecule has 0 spiro atoms. The number of nitrogens with zero attached hydrogens (tertiary/aromatic N) is 2. The molecule has 5 nitrogen and oxygen atoms in total. The van der Waals surface area contributed by atoms with Gasteiger partial charge in [0, 0.05) is 10.9 Å². The molecule has 0 aliphatic carbocycles. The highest BCUT2D eigenvalue weighted by Gasteiger charge is 2.16. The summed E-state index contributed by atoms with van der Waals surface area (Å²) in [5.41, 5.74) is 15.0. The van der Waals surface area contributed by atoms with Crippen molar-refractivity contribution in [1.29, 1.82) is 0 Å². The molecule has 2 aromatic carbocycles. The third kappa shape index (κ3) is 4.50. The average Bonchev–Trinajstić information content (AvgIpc) is 2.59. The van der Waals surface area contributed by atoms with Crippen LogP contribution in [0, 0.1) is 5.41 Å². The van der Waals surface area contributed by atoms with Crippen molar-refractivity contribution in [3.8, 4) is 11.3 Å². The first kappa shape index (κ1) is 18.6. The first-order valence-corrected chi connectivity index (χ1v) is 8.86. The Balaban J connectivity index is 2.22. The average molecular weight is 360 g/mol. The summed E-state index contributed by atoms with van der Waals surface area (Å²) in [4.78, 5) is 21.1. The molecule has 0 fully saturated rings. The second kappa shape index (κ2) is 7.19. The highest BCUT2D eigenvalue weighted by Crippen LogP contribution is 2.28. The number of hydrogen-bond acceptors (Lipinski definition) is 2. The molecule has 0 unspecified atom stereocenters. The third-order valence-corrected chi connectivity index (χ3v) is 4.14. The van der Waals surface area contributed by atoms with Gasteiger partial charge in [-0.25, -0.2) is 4.98 Å². The van der Waals surface area contributed by atoms with E-state index in [2.05, 4.69) is 25.8 Å². The van der Waals surface area contributed by atoms with Crippen molar-refractivity contribution < 1.29 is 4.79 Å². The van der Waals surface area contributed by atoms with Gasteiger partial charge in [-0.2, -0.15) is 4.99 Å². The number of amides is 1. The Labute approximate surface area is 159 Å². The van der Waals surface area contributed by atoms with E-state index in [1.54, 1.807) is 6.07 Å². The molecular weight excluding hydrogens is 336 g/mol. The van der Waals surface area contributed by atoms with Gasteiger partial charge >= 0.3 is 0 Å². The molecule has 3 aromatic rings. The van der Waals surface area contributed by atoms with Gasteiger partial charge < -0.3 is 11.5 Å². The van der Waals surface area contributed by atoms with E-state index in [4.69, 9.17) is 16.5 Å². The van der Waals surface area contributed by atoms with Crippen molar-refractivity contribution in [3.63, 3.8) is 0 Å². The number of carbonyl (C=O) groups excluding carboxylic acids is 1. The molecule has 138 valence electrons. The fraction of sp³-hybridized carbons (Fsp3) is 0.227. The summed E-state index contributed by atoms with van der Waals surface area (Å²) < 4.78 is 0.